The average Bonchev–Trinajstić information content (AvgIpc) is 3.32. The van der Waals surface area contributed by atoms with Gasteiger partial charge >= 0.3 is 0 Å². The monoisotopic (exact) mass is 499 g/mol. The zero-order chi connectivity index (χ0) is 26.2. The first kappa shape index (κ1) is 25.8. The molecule has 1 amide bonds. The summed E-state index contributed by atoms with van der Waals surface area (Å²) in [5.41, 5.74) is 5.40. The number of amides is 1. The van der Waals surface area contributed by atoms with Gasteiger partial charge in [0.25, 0.3) is 5.91 Å². The highest BCUT2D eigenvalue weighted by Gasteiger charge is 2.11. The molecule has 3 aromatic carbocycles. The topological polar surface area (TPSA) is 74.6 Å². The van der Waals surface area contributed by atoms with Crippen molar-refractivity contribution in [2.45, 2.75) is 40.8 Å². The molecule has 4 aromatic rings. The molecule has 7 nitrogen and oxygen atoms in total. The molecule has 0 unspecified atom stereocenters. The second kappa shape index (κ2) is 12.1. The molecule has 1 heterocycles. The smallest absolute Gasteiger partial charge is 0.255 e. The number of rotatable bonds is 11. The Morgan fingerprint density at radius 1 is 0.865 bits per heavy atom. The number of aromatic nitrogens is 2. The summed E-state index contributed by atoms with van der Waals surface area (Å²) in [6, 6.07) is 19.4. The molecule has 192 valence electrons. The summed E-state index contributed by atoms with van der Waals surface area (Å²) in [6.45, 7) is 10.0. The second-order valence-corrected chi connectivity index (χ2v) is 8.79. The Hall–Kier alpha value is -4.26. The van der Waals surface area contributed by atoms with E-state index in [1.807, 2.05) is 75.5 Å². The number of ether oxygens (including phenoxy) is 3. The summed E-state index contributed by atoms with van der Waals surface area (Å²) < 4.78 is 19.1. The molecular weight excluding hydrogens is 466 g/mol. The molecule has 0 aliphatic rings. The molecule has 0 saturated carbocycles. The average molecular weight is 500 g/mol. The van der Waals surface area contributed by atoms with Crippen LogP contribution in [0.3, 0.4) is 0 Å². The van der Waals surface area contributed by atoms with Gasteiger partial charge in [0.15, 0.2) is 11.5 Å². The van der Waals surface area contributed by atoms with Gasteiger partial charge in [-0.2, -0.15) is 5.10 Å². The maximum absolute atomic E-state index is 12.9. The first-order valence-corrected chi connectivity index (χ1v) is 12.5. The van der Waals surface area contributed by atoms with Crippen molar-refractivity contribution < 1.29 is 19.0 Å². The first-order chi connectivity index (χ1) is 17.9. The Labute approximate surface area is 218 Å². The third kappa shape index (κ3) is 6.91. The van der Waals surface area contributed by atoms with E-state index < -0.39 is 0 Å². The van der Waals surface area contributed by atoms with Gasteiger partial charge in [-0.15, -0.1) is 0 Å². The van der Waals surface area contributed by atoms with Crippen LogP contribution in [-0.4, -0.2) is 28.9 Å². The van der Waals surface area contributed by atoms with Crippen LogP contribution in [0.1, 0.15) is 46.5 Å². The van der Waals surface area contributed by atoms with Gasteiger partial charge < -0.3 is 19.5 Å². The highest BCUT2D eigenvalue weighted by Crippen LogP contribution is 2.29. The van der Waals surface area contributed by atoms with E-state index in [9.17, 15) is 4.79 Å². The Kier molecular flexibility index (Phi) is 8.46. The highest BCUT2D eigenvalue weighted by molar-refractivity contribution is 6.04. The van der Waals surface area contributed by atoms with Crippen molar-refractivity contribution in [3.8, 4) is 17.2 Å². The Bertz CT molecular complexity index is 1360. The third-order valence-electron chi connectivity index (χ3n) is 5.76. The quantitative estimate of drug-likeness (QED) is 0.267. The maximum Gasteiger partial charge on any atom is 0.255 e. The molecule has 1 aromatic heterocycles. The lowest BCUT2D eigenvalue weighted by molar-refractivity contribution is 0.102. The minimum atomic E-state index is -0.201. The summed E-state index contributed by atoms with van der Waals surface area (Å²) in [6.07, 6.45) is 3.45. The number of carbonyl (C=O) groups is 1. The van der Waals surface area contributed by atoms with Crippen molar-refractivity contribution in [1.82, 2.24) is 9.78 Å². The molecule has 0 fully saturated rings. The molecule has 0 radical (unpaired) electrons. The number of nitrogens with one attached hydrogen (secondary N) is 1. The minimum Gasteiger partial charge on any atom is -0.490 e. The lowest BCUT2D eigenvalue weighted by Crippen LogP contribution is -2.12. The molecule has 0 atom stereocenters. The van der Waals surface area contributed by atoms with Crippen molar-refractivity contribution in [1.29, 1.82) is 0 Å². The fourth-order valence-electron chi connectivity index (χ4n) is 4.02. The summed E-state index contributed by atoms with van der Waals surface area (Å²) in [5.74, 6) is 2.08. The fraction of sp³-hybridized carbons (Fsp3) is 0.267. The van der Waals surface area contributed by atoms with Gasteiger partial charge in [-0.3, -0.25) is 9.48 Å². The van der Waals surface area contributed by atoms with Crippen LogP contribution < -0.4 is 19.5 Å². The van der Waals surface area contributed by atoms with Crippen LogP contribution in [0, 0.1) is 13.8 Å². The zero-order valence-electron chi connectivity index (χ0n) is 21.8. The molecule has 0 spiro atoms. The molecule has 7 heteroatoms. The number of hydrogen-bond acceptors (Lipinski definition) is 5. The first-order valence-electron chi connectivity index (χ1n) is 12.5. The molecule has 37 heavy (non-hydrogen) atoms. The van der Waals surface area contributed by atoms with Crippen molar-refractivity contribution in [2.75, 3.05) is 18.5 Å². The van der Waals surface area contributed by atoms with Gasteiger partial charge in [0, 0.05) is 11.8 Å². The molecular formula is C30H33N3O4. The standard InChI is InChI=1S/C30H33N3O4/c1-5-35-28-13-11-23(16-29(28)36-6-2)18-33-19-26(17-31-33)32-30(34)25-9-7-8-24(15-25)20-37-27-12-10-21(3)14-22(27)4/h7-17,19H,5-6,18,20H2,1-4H3,(H,32,34). The molecule has 1 N–H and O–H groups in total. The lowest BCUT2D eigenvalue weighted by atomic mass is 10.1. The summed E-state index contributed by atoms with van der Waals surface area (Å²) >= 11 is 0. The van der Waals surface area contributed by atoms with Crippen LogP contribution >= 0.6 is 0 Å². The molecule has 0 saturated heterocycles. The zero-order valence-corrected chi connectivity index (χ0v) is 21.8. The van der Waals surface area contributed by atoms with Gasteiger partial charge in [-0.1, -0.05) is 35.9 Å². The number of nitrogens with zero attached hydrogens (tertiary/aromatic N) is 2. The molecule has 0 aliphatic carbocycles. The summed E-state index contributed by atoms with van der Waals surface area (Å²) in [5, 5.41) is 7.33. The van der Waals surface area contributed by atoms with Crippen LogP contribution in [0.5, 0.6) is 17.2 Å². The number of hydrogen-bond donors (Lipinski definition) is 1. The second-order valence-electron chi connectivity index (χ2n) is 8.79. The summed E-state index contributed by atoms with van der Waals surface area (Å²) in [7, 11) is 0. The lowest BCUT2D eigenvalue weighted by Gasteiger charge is -2.12. The van der Waals surface area contributed by atoms with Gasteiger partial charge in [-0.05, 0) is 74.7 Å². The van der Waals surface area contributed by atoms with Crippen LogP contribution in [0.4, 0.5) is 5.69 Å². The molecule has 4 rings (SSSR count). The largest absolute Gasteiger partial charge is 0.490 e. The van der Waals surface area contributed by atoms with Crippen LogP contribution in [0.15, 0.2) is 73.1 Å². The minimum absolute atomic E-state index is 0.201. The number of aryl methyl sites for hydroxylation is 2. The number of carbonyl (C=O) groups excluding carboxylic acids is 1. The normalized spacial score (nSPS) is 10.7. The van der Waals surface area contributed by atoms with E-state index in [4.69, 9.17) is 14.2 Å². The van der Waals surface area contributed by atoms with Crippen LogP contribution in [0.2, 0.25) is 0 Å². The van der Waals surface area contributed by atoms with Gasteiger partial charge in [0.05, 0.1) is 31.6 Å². The van der Waals surface area contributed by atoms with E-state index in [1.54, 1.807) is 16.9 Å². The Balaban J connectivity index is 1.37. The van der Waals surface area contributed by atoms with E-state index in [1.165, 1.54) is 5.56 Å². The van der Waals surface area contributed by atoms with E-state index in [0.29, 0.717) is 43.4 Å². The Morgan fingerprint density at radius 3 is 2.43 bits per heavy atom. The van der Waals surface area contributed by atoms with Crippen molar-refractivity contribution in [2.24, 2.45) is 0 Å². The van der Waals surface area contributed by atoms with Gasteiger partial charge in [0.2, 0.25) is 0 Å². The van der Waals surface area contributed by atoms with Crippen molar-refractivity contribution in [3.63, 3.8) is 0 Å². The molecule has 0 bridgehead atoms. The third-order valence-corrected chi connectivity index (χ3v) is 5.76. The fourth-order valence-corrected chi connectivity index (χ4v) is 4.02. The predicted molar refractivity (Wildman–Crippen MR) is 145 cm³/mol. The van der Waals surface area contributed by atoms with Crippen molar-refractivity contribution >= 4 is 11.6 Å². The highest BCUT2D eigenvalue weighted by atomic mass is 16.5. The van der Waals surface area contributed by atoms with E-state index >= 15 is 0 Å². The molecule has 0 aliphatic heterocycles. The van der Waals surface area contributed by atoms with Crippen LogP contribution in [0.25, 0.3) is 0 Å². The summed E-state index contributed by atoms with van der Waals surface area (Å²) in [4.78, 5) is 12.9. The predicted octanol–water partition coefficient (Wildman–Crippen LogP) is 6.18. The maximum atomic E-state index is 12.9. The van der Waals surface area contributed by atoms with Gasteiger partial charge in [0.1, 0.15) is 12.4 Å². The SMILES string of the molecule is CCOc1ccc(Cn2cc(NC(=O)c3cccc(COc4ccc(C)cc4C)c3)cn2)cc1OCC. The van der Waals surface area contributed by atoms with Crippen LogP contribution in [-0.2, 0) is 13.2 Å². The van der Waals surface area contributed by atoms with Gasteiger partial charge in [-0.25, -0.2) is 0 Å². The van der Waals surface area contributed by atoms with E-state index in [2.05, 4.69) is 23.4 Å². The number of benzene rings is 3. The van der Waals surface area contributed by atoms with Crippen molar-refractivity contribution in [3.05, 3.63) is 101 Å². The van der Waals surface area contributed by atoms with E-state index in [-0.39, 0.29) is 5.91 Å². The van der Waals surface area contributed by atoms with E-state index in [0.717, 1.165) is 28.2 Å². The Morgan fingerprint density at radius 2 is 1.65 bits per heavy atom. The number of anilines is 1.